The summed E-state index contributed by atoms with van der Waals surface area (Å²) in [5.41, 5.74) is -0.158. The normalized spacial score (nSPS) is 22.9. The van der Waals surface area contributed by atoms with Crippen molar-refractivity contribution in [3.8, 4) is 0 Å². The number of ether oxygens (including phenoxy) is 1. The Kier molecular flexibility index (Phi) is 4.92. The Labute approximate surface area is 123 Å². The van der Waals surface area contributed by atoms with Gasteiger partial charge in [-0.15, -0.1) is 0 Å². The van der Waals surface area contributed by atoms with E-state index in [1.165, 1.54) is 12.1 Å². The number of nitro groups is 1. The zero-order chi connectivity index (χ0) is 15.5. The average molecular weight is 315 g/mol. The van der Waals surface area contributed by atoms with E-state index in [4.69, 9.17) is 8.92 Å². The van der Waals surface area contributed by atoms with E-state index < -0.39 is 15.0 Å². The molecule has 0 bridgehead atoms. The molecule has 0 N–H and O–H groups in total. The highest BCUT2D eigenvalue weighted by Gasteiger charge is 2.27. The van der Waals surface area contributed by atoms with Crippen LogP contribution in [0.15, 0.2) is 29.2 Å². The number of hydrogen-bond donors (Lipinski definition) is 0. The molecule has 0 amide bonds. The molecule has 1 aliphatic rings. The van der Waals surface area contributed by atoms with E-state index in [0.29, 0.717) is 12.8 Å². The van der Waals surface area contributed by atoms with Gasteiger partial charge in [-0.2, -0.15) is 8.42 Å². The van der Waals surface area contributed by atoms with Gasteiger partial charge >= 0.3 is 0 Å². The van der Waals surface area contributed by atoms with Crippen LogP contribution in [0.25, 0.3) is 0 Å². The fourth-order valence-electron chi connectivity index (χ4n) is 2.33. The van der Waals surface area contributed by atoms with Gasteiger partial charge in [-0.3, -0.25) is 14.3 Å². The van der Waals surface area contributed by atoms with Crippen LogP contribution in [0, 0.1) is 10.1 Å². The SMILES string of the molecule is CO[C@H]1CC[C@@H](OS(=O)(=O)c2ccc([N+](=O)[O-])cc2)CC1. The summed E-state index contributed by atoms with van der Waals surface area (Å²) in [5, 5.41) is 10.6. The molecule has 2 rings (SSSR count). The second-order valence-electron chi connectivity index (χ2n) is 4.94. The van der Waals surface area contributed by atoms with E-state index in [9.17, 15) is 18.5 Å². The Morgan fingerprint density at radius 2 is 1.62 bits per heavy atom. The second kappa shape index (κ2) is 6.50. The summed E-state index contributed by atoms with van der Waals surface area (Å²) in [4.78, 5) is 9.90. The highest BCUT2D eigenvalue weighted by Crippen LogP contribution is 2.26. The Hall–Kier alpha value is -1.51. The van der Waals surface area contributed by atoms with Crippen LogP contribution in [-0.2, 0) is 19.0 Å². The van der Waals surface area contributed by atoms with Gasteiger partial charge in [-0.1, -0.05) is 0 Å². The van der Waals surface area contributed by atoms with Crippen molar-refractivity contribution < 1.29 is 22.3 Å². The van der Waals surface area contributed by atoms with Crippen LogP contribution in [0.1, 0.15) is 25.7 Å². The predicted molar refractivity (Wildman–Crippen MR) is 74.4 cm³/mol. The second-order valence-corrected chi connectivity index (χ2v) is 6.51. The molecule has 1 aromatic rings. The van der Waals surface area contributed by atoms with Crippen LogP contribution in [0.4, 0.5) is 5.69 Å². The Morgan fingerprint density at radius 1 is 1.10 bits per heavy atom. The highest BCUT2D eigenvalue weighted by atomic mass is 32.2. The van der Waals surface area contributed by atoms with Gasteiger partial charge < -0.3 is 4.74 Å². The Balaban J connectivity index is 2.03. The van der Waals surface area contributed by atoms with Crippen LogP contribution in [0.3, 0.4) is 0 Å². The third-order valence-electron chi connectivity index (χ3n) is 3.55. The molecule has 1 aromatic carbocycles. The monoisotopic (exact) mass is 315 g/mol. The van der Waals surface area contributed by atoms with Gasteiger partial charge in [-0.25, -0.2) is 0 Å². The molecule has 0 saturated heterocycles. The molecule has 1 fully saturated rings. The summed E-state index contributed by atoms with van der Waals surface area (Å²) in [6.45, 7) is 0. The van der Waals surface area contributed by atoms with Gasteiger partial charge in [0.2, 0.25) is 0 Å². The van der Waals surface area contributed by atoms with Crippen molar-refractivity contribution >= 4 is 15.8 Å². The number of nitrogens with zero attached hydrogens (tertiary/aromatic N) is 1. The molecule has 0 unspecified atom stereocenters. The molecule has 1 saturated carbocycles. The van der Waals surface area contributed by atoms with Crippen LogP contribution in [0.2, 0.25) is 0 Å². The van der Waals surface area contributed by atoms with Crippen molar-refractivity contribution in [2.24, 2.45) is 0 Å². The van der Waals surface area contributed by atoms with Crippen LogP contribution in [0.5, 0.6) is 0 Å². The van der Waals surface area contributed by atoms with Crippen molar-refractivity contribution in [2.45, 2.75) is 42.8 Å². The Morgan fingerprint density at radius 3 is 2.10 bits per heavy atom. The zero-order valence-electron chi connectivity index (χ0n) is 11.6. The maximum Gasteiger partial charge on any atom is 0.297 e. The quantitative estimate of drug-likeness (QED) is 0.470. The third kappa shape index (κ3) is 3.99. The van der Waals surface area contributed by atoms with E-state index in [2.05, 4.69) is 0 Å². The van der Waals surface area contributed by atoms with E-state index in [1.54, 1.807) is 7.11 Å². The number of nitro benzene ring substituents is 1. The smallest absolute Gasteiger partial charge is 0.297 e. The fourth-order valence-corrected chi connectivity index (χ4v) is 3.46. The van der Waals surface area contributed by atoms with Crippen molar-refractivity contribution in [2.75, 3.05) is 7.11 Å². The van der Waals surface area contributed by atoms with Crippen molar-refractivity contribution in [1.82, 2.24) is 0 Å². The van der Waals surface area contributed by atoms with E-state index in [0.717, 1.165) is 25.0 Å². The average Bonchev–Trinajstić information content (AvgIpc) is 2.48. The topological polar surface area (TPSA) is 95.7 Å². The van der Waals surface area contributed by atoms with E-state index in [-0.39, 0.29) is 22.8 Å². The molecule has 7 nitrogen and oxygen atoms in total. The highest BCUT2D eigenvalue weighted by molar-refractivity contribution is 7.86. The van der Waals surface area contributed by atoms with Crippen molar-refractivity contribution in [3.05, 3.63) is 34.4 Å². The minimum Gasteiger partial charge on any atom is -0.381 e. The van der Waals surface area contributed by atoms with Crippen LogP contribution in [-0.4, -0.2) is 32.7 Å². The van der Waals surface area contributed by atoms with Crippen molar-refractivity contribution in [1.29, 1.82) is 0 Å². The maximum atomic E-state index is 12.1. The lowest BCUT2D eigenvalue weighted by Gasteiger charge is -2.26. The molecular formula is C13H17NO6S. The lowest BCUT2D eigenvalue weighted by Crippen LogP contribution is -2.27. The molecule has 1 aliphatic carbocycles. The lowest BCUT2D eigenvalue weighted by molar-refractivity contribution is -0.384. The molecule has 0 aliphatic heterocycles. The molecule has 0 atom stereocenters. The van der Waals surface area contributed by atoms with Gasteiger partial charge in [0.1, 0.15) is 0 Å². The molecule has 21 heavy (non-hydrogen) atoms. The molecule has 116 valence electrons. The first kappa shape index (κ1) is 15.9. The first-order valence-corrected chi connectivity index (χ1v) is 8.04. The van der Waals surface area contributed by atoms with E-state index >= 15 is 0 Å². The van der Waals surface area contributed by atoms with Gasteiger partial charge in [0.25, 0.3) is 15.8 Å². The number of methoxy groups -OCH3 is 1. The first-order chi connectivity index (χ1) is 9.92. The predicted octanol–water partition coefficient (Wildman–Crippen LogP) is 2.26. The summed E-state index contributed by atoms with van der Waals surface area (Å²) >= 11 is 0. The first-order valence-electron chi connectivity index (χ1n) is 6.63. The minimum atomic E-state index is -3.89. The third-order valence-corrected chi connectivity index (χ3v) is 4.93. The van der Waals surface area contributed by atoms with Crippen LogP contribution < -0.4 is 0 Å². The zero-order valence-corrected chi connectivity index (χ0v) is 12.4. The van der Waals surface area contributed by atoms with Crippen LogP contribution >= 0.6 is 0 Å². The number of hydrogen-bond acceptors (Lipinski definition) is 6. The van der Waals surface area contributed by atoms with Crippen molar-refractivity contribution in [3.63, 3.8) is 0 Å². The summed E-state index contributed by atoms with van der Waals surface area (Å²) in [6, 6.07) is 4.68. The minimum absolute atomic E-state index is 0.0676. The van der Waals surface area contributed by atoms with Gasteiger partial charge in [0.05, 0.1) is 22.0 Å². The number of non-ortho nitro benzene ring substituents is 1. The maximum absolute atomic E-state index is 12.1. The van der Waals surface area contributed by atoms with Gasteiger partial charge in [0, 0.05) is 19.2 Å². The standard InChI is InChI=1S/C13H17NO6S/c1-19-11-4-6-12(7-5-11)20-21(17,18)13-8-2-10(3-9-13)14(15)16/h2-3,8-9,11-12H,4-7H2,1H3/t11-,12+. The summed E-state index contributed by atoms with van der Waals surface area (Å²) < 4.78 is 34.6. The molecule has 8 heteroatoms. The van der Waals surface area contributed by atoms with Gasteiger partial charge in [0.15, 0.2) is 0 Å². The molecular weight excluding hydrogens is 298 g/mol. The molecule has 0 heterocycles. The summed E-state index contributed by atoms with van der Waals surface area (Å²) in [7, 11) is -2.25. The summed E-state index contributed by atoms with van der Waals surface area (Å²) in [5.74, 6) is 0. The van der Waals surface area contributed by atoms with E-state index in [1.807, 2.05) is 0 Å². The number of rotatable bonds is 5. The van der Waals surface area contributed by atoms with Gasteiger partial charge in [-0.05, 0) is 37.8 Å². The molecule has 0 radical (unpaired) electrons. The molecule has 0 aromatic heterocycles. The Bertz CT molecular complexity index is 590. The largest absolute Gasteiger partial charge is 0.381 e. The fraction of sp³-hybridized carbons (Fsp3) is 0.538. The molecule has 0 spiro atoms. The lowest BCUT2D eigenvalue weighted by atomic mass is 9.95. The summed E-state index contributed by atoms with van der Waals surface area (Å²) in [6.07, 6.45) is 2.55. The number of benzene rings is 1.